The maximum atomic E-state index is 13.1. The molecule has 1 heterocycles. The van der Waals surface area contributed by atoms with Crippen LogP contribution in [0, 0.1) is 11.8 Å². The second-order valence-corrected chi connectivity index (χ2v) is 10.4. The quantitative estimate of drug-likeness (QED) is 0.753. The smallest absolute Gasteiger partial charge is 0.253 e. The molecule has 0 bridgehead atoms. The number of nitrogens with zero attached hydrogens (tertiary/aromatic N) is 2. The van der Waals surface area contributed by atoms with Crippen LogP contribution in [0.1, 0.15) is 29.8 Å². The molecule has 0 aliphatic carbocycles. The molecule has 1 fully saturated rings. The maximum Gasteiger partial charge on any atom is 0.253 e. The molecule has 1 saturated heterocycles. The van der Waals surface area contributed by atoms with E-state index in [-0.39, 0.29) is 16.8 Å². The molecule has 156 valence electrons. The van der Waals surface area contributed by atoms with Gasteiger partial charge in [0.2, 0.25) is 0 Å². The second kappa shape index (κ2) is 8.67. The Balaban J connectivity index is 1.72. The van der Waals surface area contributed by atoms with E-state index in [4.69, 9.17) is 0 Å². The molecule has 29 heavy (non-hydrogen) atoms. The molecule has 6 heteroatoms. The Labute approximate surface area is 174 Å². The zero-order valence-electron chi connectivity index (χ0n) is 17.6. The van der Waals surface area contributed by atoms with Crippen molar-refractivity contribution in [3.05, 3.63) is 65.7 Å². The van der Waals surface area contributed by atoms with E-state index in [1.54, 1.807) is 17.0 Å². The Morgan fingerprint density at radius 2 is 1.66 bits per heavy atom. The Morgan fingerprint density at radius 3 is 2.24 bits per heavy atom. The number of likely N-dealkylation sites (tertiary alicyclic amines) is 1. The molecule has 1 aliphatic rings. The highest BCUT2D eigenvalue weighted by atomic mass is 32.2. The zero-order chi connectivity index (χ0) is 21.2. The Kier molecular flexibility index (Phi) is 6.44. The molecular weight excluding hydrogens is 384 g/mol. The van der Waals surface area contributed by atoms with Crippen LogP contribution in [-0.2, 0) is 16.4 Å². The third-order valence-electron chi connectivity index (χ3n) is 5.78. The predicted molar refractivity (Wildman–Crippen MR) is 115 cm³/mol. The van der Waals surface area contributed by atoms with Gasteiger partial charge in [-0.3, -0.25) is 9.69 Å². The van der Waals surface area contributed by atoms with Crippen LogP contribution in [0.4, 0.5) is 0 Å². The average Bonchev–Trinajstić information content (AvgIpc) is 2.67. The molecule has 0 saturated carbocycles. The summed E-state index contributed by atoms with van der Waals surface area (Å²) in [4.78, 5) is 17.5. The summed E-state index contributed by atoms with van der Waals surface area (Å²) in [7, 11) is -1.51. The summed E-state index contributed by atoms with van der Waals surface area (Å²) in [6, 6.07) is 16.9. The van der Waals surface area contributed by atoms with Crippen molar-refractivity contribution in [3.63, 3.8) is 0 Å². The predicted octanol–water partition coefficient (Wildman–Crippen LogP) is 3.32. The first kappa shape index (κ1) is 21.5. The number of amides is 1. The van der Waals surface area contributed by atoms with E-state index >= 15 is 0 Å². The fraction of sp³-hybridized carbons (Fsp3) is 0.435. The van der Waals surface area contributed by atoms with Gasteiger partial charge in [0.15, 0.2) is 9.84 Å². The summed E-state index contributed by atoms with van der Waals surface area (Å²) >= 11 is 0. The highest BCUT2D eigenvalue weighted by Gasteiger charge is 2.36. The van der Waals surface area contributed by atoms with Gasteiger partial charge in [-0.1, -0.05) is 50.2 Å². The van der Waals surface area contributed by atoms with Gasteiger partial charge in [0, 0.05) is 44.5 Å². The fourth-order valence-electron chi connectivity index (χ4n) is 4.60. The maximum absolute atomic E-state index is 13.1. The van der Waals surface area contributed by atoms with Crippen LogP contribution in [0.15, 0.2) is 59.5 Å². The normalized spacial score (nSPS) is 21.1. The highest BCUT2D eigenvalue weighted by molar-refractivity contribution is 7.90. The zero-order valence-corrected chi connectivity index (χ0v) is 18.4. The van der Waals surface area contributed by atoms with Gasteiger partial charge in [-0.05, 0) is 35.6 Å². The van der Waals surface area contributed by atoms with Crippen molar-refractivity contribution in [2.24, 2.45) is 11.8 Å². The van der Waals surface area contributed by atoms with E-state index in [1.807, 2.05) is 13.1 Å². The van der Waals surface area contributed by atoms with E-state index in [9.17, 15) is 13.2 Å². The van der Waals surface area contributed by atoms with E-state index < -0.39 is 9.84 Å². The van der Waals surface area contributed by atoms with Crippen LogP contribution >= 0.6 is 0 Å². The molecule has 1 amide bonds. The number of carbonyl (C=O) groups is 1. The lowest BCUT2D eigenvalue weighted by Gasteiger charge is -2.45. The van der Waals surface area contributed by atoms with Crippen LogP contribution in [0.3, 0.4) is 0 Å². The molecule has 0 N–H and O–H groups in total. The van der Waals surface area contributed by atoms with E-state index in [0.29, 0.717) is 17.4 Å². The summed E-state index contributed by atoms with van der Waals surface area (Å²) in [6.07, 6.45) is 1.16. The van der Waals surface area contributed by atoms with Gasteiger partial charge in [0.05, 0.1) is 4.90 Å². The summed E-state index contributed by atoms with van der Waals surface area (Å²) in [5.41, 5.74) is 1.72. The first-order valence-electron chi connectivity index (χ1n) is 10.0. The molecular formula is C23H30N2O3S. The summed E-state index contributed by atoms with van der Waals surface area (Å²) in [5.74, 6) is 0.500. The third kappa shape index (κ3) is 5.06. The minimum Gasteiger partial charge on any atom is -0.338 e. The van der Waals surface area contributed by atoms with Crippen molar-refractivity contribution in [3.8, 4) is 0 Å². The summed E-state index contributed by atoms with van der Waals surface area (Å²) in [6.45, 7) is 7.14. The molecule has 0 aromatic heterocycles. The van der Waals surface area contributed by atoms with Crippen molar-refractivity contribution in [1.82, 2.24) is 9.80 Å². The van der Waals surface area contributed by atoms with Gasteiger partial charge in [-0.2, -0.15) is 0 Å². The number of rotatable bonds is 5. The van der Waals surface area contributed by atoms with Crippen LogP contribution < -0.4 is 0 Å². The minimum atomic E-state index is -3.35. The largest absolute Gasteiger partial charge is 0.338 e. The first-order chi connectivity index (χ1) is 13.7. The SMILES string of the molecule is C[C@H]1CN(Cc2ccccc2)C[C@H](C)C1N(C)C(=O)c1cccc(S(C)(=O)=O)c1. The van der Waals surface area contributed by atoms with Gasteiger partial charge < -0.3 is 4.90 Å². The van der Waals surface area contributed by atoms with Gasteiger partial charge in [-0.25, -0.2) is 8.42 Å². The lowest BCUT2D eigenvalue weighted by atomic mass is 9.84. The molecule has 0 radical (unpaired) electrons. The minimum absolute atomic E-state index is 0.108. The number of piperidine rings is 1. The molecule has 3 rings (SSSR count). The lowest BCUT2D eigenvalue weighted by molar-refractivity contribution is 0.0271. The van der Waals surface area contributed by atoms with Crippen molar-refractivity contribution < 1.29 is 13.2 Å². The lowest BCUT2D eigenvalue weighted by Crippen LogP contribution is -2.55. The molecule has 1 aliphatic heterocycles. The number of carbonyl (C=O) groups excluding carboxylic acids is 1. The standard InChI is InChI=1S/C23H30N2O3S/c1-17-14-25(16-19-9-6-5-7-10-19)15-18(2)22(17)24(3)23(26)20-11-8-12-21(13-20)29(4,27)28/h5-13,17-18,22H,14-16H2,1-4H3/t17-,18-/m0/s1. The van der Waals surface area contributed by atoms with Crippen LogP contribution in [0.25, 0.3) is 0 Å². The highest BCUT2D eigenvalue weighted by Crippen LogP contribution is 2.28. The number of sulfone groups is 1. The van der Waals surface area contributed by atoms with E-state index in [1.165, 1.54) is 17.7 Å². The van der Waals surface area contributed by atoms with Crippen LogP contribution in [-0.4, -0.2) is 56.6 Å². The molecule has 0 spiro atoms. The van der Waals surface area contributed by atoms with Gasteiger partial charge in [0.25, 0.3) is 5.91 Å². The Hall–Kier alpha value is -2.18. The molecule has 2 aromatic carbocycles. The average molecular weight is 415 g/mol. The topological polar surface area (TPSA) is 57.7 Å². The Bertz CT molecular complexity index is 947. The van der Waals surface area contributed by atoms with Gasteiger partial charge >= 0.3 is 0 Å². The van der Waals surface area contributed by atoms with Gasteiger partial charge in [0.1, 0.15) is 0 Å². The summed E-state index contributed by atoms with van der Waals surface area (Å²) in [5, 5.41) is 0. The third-order valence-corrected chi connectivity index (χ3v) is 6.89. The number of benzene rings is 2. The second-order valence-electron chi connectivity index (χ2n) is 8.34. The first-order valence-corrected chi connectivity index (χ1v) is 11.9. The van der Waals surface area contributed by atoms with E-state index in [0.717, 1.165) is 25.9 Å². The van der Waals surface area contributed by atoms with Crippen LogP contribution in [0.2, 0.25) is 0 Å². The molecule has 2 aromatic rings. The molecule has 2 atom stereocenters. The monoisotopic (exact) mass is 414 g/mol. The van der Waals surface area contributed by atoms with Crippen molar-refractivity contribution in [1.29, 1.82) is 0 Å². The van der Waals surface area contributed by atoms with Gasteiger partial charge in [-0.15, -0.1) is 0 Å². The van der Waals surface area contributed by atoms with E-state index in [2.05, 4.69) is 43.0 Å². The summed E-state index contributed by atoms with van der Waals surface area (Å²) < 4.78 is 23.7. The molecule has 0 unspecified atom stereocenters. The molecule has 5 nitrogen and oxygen atoms in total. The fourth-order valence-corrected chi connectivity index (χ4v) is 5.27. The number of hydrogen-bond donors (Lipinski definition) is 0. The Morgan fingerprint density at radius 1 is 1.03 bits per heavy atom. The van der Waals surface area contributed by atoms with Crippen molar-refractivity contribution in [2.75, 3.05) is 26.4 Å². The number of hydrogen-bond acceptors (Lipinski definition) is 4. The van der Waals surface area contributed by atoms with Crippen LogP contribution in [0.5, 0.6) is 0 Å². The van der Waals surface area contributed by atoms with Crippen molar-refractivity contribution >= 4 is 15.7 Å². The van der Waals surface area contributed by atoms with Crippen molar-refractivity contribution in [2.45, 2.75) is 31.3 Å².